The Morgan fingerprint density at radius 1 is 1.09 bits per heavy atom. The molecule has 7 heteroatoms. The van der Waals surface area contributed by atoms with Gasteiger partial charge in [0, 0.05) is 25.4 Å². The van der Waals surface area contributed by atoms with Crippen LogP contribution in [0, 0.1) is 13.8 Å². The van der Waals surface area contributed by atoms with E-state index in [0.29, 0.717) is 5.70 Å². The fraction of sp³-hybridized carbons (Fsp3) is 0.360. The maximum atomic E-state index is 13.4. The number of aryl methyl sites for hydroxylation is 2. The molecule has 0 saturated carbocycles. The highest BCUT2D eigenvalue weighted by atomic mass is 32.2. The van der Waals surface area contributed by atoms with Crippen molar-refractivity contribution >= 4 is 34.6 Å². The number of ether oxygens (including phenoxy) is 2. The van der Waals surface area contributed by atoms with Crippen molar-refractivity contribution in [2.45, 2.75) is 13.8 Å². The first-order valence-electron chi connectivity index (χ1n) is 10.8. The van der Waals surface area contributed by atoms with Crippen LogP contribution in [0.1, 0.15) is 16.7 Å². The zero-order valence-electron chi connectivity index (χ0n) is 18.8. The fourth-order valence-corrected chi connectivity index (χ4v) is 4.86. The maximum Gasteiger partial charge on any atom is 0.283 e. The summed E-state index contributed by atoms with van der Waals surface area (Å²) >= 11 is 1.63. The molecule has 0 N–H and O–H groups in total. The molecule has 1 saturated heterocycles. The number of hydrogen-bond acceptors (Lipinski definition) is 6. The van der Waals surface area contributed by atoms with Gasteiger partial charge in [-0.05, 0) is 60.9 Å². The molecule has 4 rings (SSSR count). The lowest BCUT2D eigenvalue weighted by atomic mass is 10.1. The van der Waals surface area contributed by atoms with Gasteiger partial charge in [-0.1, -0.05) is 30.0 Å². The standard InChI is InChI=1S/C25H29N3O3S/c1-18-14-19(2)16-21(15-18)28-24(29)23(17-20-4-6-22(30-3)7-5-20)26-25(28)32-13-10-27-8-11-31-12-9-27/h4-7,14-17H,8-13H2,1-3H3/b23-17+. The number of methoxy groups -OCH3 is 1. The lowest BCUT2D eigenvalue weighted by Crippen LogP contribution is -2.38. The highest BCUT2D eigenvalue weighted by Gasteiger charge is 2.32. The van der Waals surface area contributed by atoms with Gasteiger partial charge in [0.2, 0.25) is 0 Å². The number of amides is 1. The number of carbonyl (C=O) groups excluding carboxylic acids is 1. The minimum Gasteiger partial charge on any atom is -0.497 e. The Morgan fingerprint density at radius 2 is 1.78 bits per heavy atom. The van der Waals surface area contributed by atoms with Crippen LogP contribution in [0.4, 0.5) is 5.69 Å². The second-order valence-electron chi connectivity index (χ2n) is 7.99. The van der Waals surface area contributed by atoms with Crippen LogP contribution in [-0.4, -0.2) is 61.7 Å². The molecule has 6 nitrogen and oxygen atoms in total. The van der Waals surface area contributed by atoms with E-state index in [0.717, 1.165) is 71.9 Å². The van der Waals surface area contributed by atoms with Gasteiger partial charge >= 0.3 is 0 Å². The quantitative estimate of drug-likeness (QED) is 0.619. The zero-order valence-corrected chi connectivity index (χ0v) is 19.7. The zero-order chi connectivity index (χ0) is 22.5. The Labute approximate surface area is 193 Å². The number of rotatable bonds is 6. The molecule has 0 radical (unpaired) electrons. The number of nitrogens with zero attached hydrogens (tertiary/aromatic N) is 3. The van der Waals surface area contributed by atoms with E-state index in [1.807, 2.05) is 56.3 Å². The van der Waals surface area contributed by atoms with Crippen LogP contribution in [0.15, 0.2) is 53.2 Å². The molecule has 0 atom stereocenters. The van der Waals surface area contributed by atoms with E-state index >= 15 is 0 Å². The fourth-order valence-electron chi connectivity index (χ4n) is 3.85. The minimum atomic E-state index is -0.0975. The maximum absolute atomic E-state index is 13.4. The van der Waals surface area contributed by atoms with E-state index in [4.69, 9.17) is 14.5 Å². The van der Waals surface area contributed by atoms with Gasteiger partial charge in [-0.2, -0.15) is 0 Å². The van der Waals surface area contributed by atoms with Crippen molar-refractivity contribution in [3.8, 4) is 5.75 Å². The van der Waals surface area contributed by atoms with Crippen molar-refractivity contribution < 1.29 is 14.3 Å². The average molecular weight is 452 g/mol. The number of aliphatic imine (C=N–C) groups is 1. The van der Waals surface area contributed by atoms with Crippen LogP contribution in [0.2, 0.25) is 0 Å². The number of benzene rings is 2. The van der Waals surface area contributed by atoms with Gasteiger partial charge in [-0.3, -0.25) is 14.6 Å². The molecule has 1 fully saturated rings. The monoisotopic (exact) mass is 451 g/mol. The number of hydrogen-bond donors (Lipinski definition) is 0. The number of carbonyl (C=O) groups is 1. The van der Waals surface area contributed by atoms with Crippen LogP contribution in [0.3, 0.4) is 0 Å². The summed E-state index contributed by atoms with van der Waals surface area (Å²) in [4.78, 5) is 22.3. The molecule has 2 aromatic carbocycles. The molecule has 0 bridgehead atoms. The van der Waals surface area contributed by atoms with E-state index in [-0.39, 0.29) is 5.91 Å². The summed E-state index contributed by atoms with van der Waals surface area (Å²) in [6.45, 7) is 8.52. The largest absolute Gasteiger partial charge is 0.497 e. The average Bonchev–Trinajstić information content (AvgIpc) is 3.09. The molecular weight excluding hydrogens is 422 g/mol. The third-order valence-corrected chi connectivity index (χ3v) is 6.37. The number of morpholine rings is 1. The summed E-state index contributed by atoms with van der Waals surface area (Å²) in [7, 11) is 1.64. The molecule has 2 aliphatic heterocycles. The molecule has 0 spiro atoms. The molecule has 2 aromatic rings. The second-order valence-corrected chi connectivity index (χ2v) is 9.05. The van der Waals surface area contributed by atoms with E-state index in [1.54, 1.807) is 23.8 Å². The Balaban J connectivity index is 1.58. The van der Waals surface area contributed by atoms with Crippen molar-refractivity contribution in [3.05, 3.63) is 64.9 Å². The lowest BCUT2D eigenvalue weighted by molar-refractivity contribution is -0.113. The van der Waals surface area contributed by atoms with Crippen LogP contribution in [0.25, 0.3) is 6.08 Å². The summed E-state index contributed by atoms with van der Waals surface area (Å²) in [5.74, 6) is 1.55. The summed E-state index contributed by atoms with van der Waals surface area (Å²) in [6.07, 6.45) is 1.84. The smallest absolute Gasteiger partial charge is 0.283 e. The first-order valence-corrected chi connectivity index (χ1v) is 11.8. The molecule has 2 heterocycles. The highest BCUT2D eigenvalue weighted by Crippen LogP contribution is 2.31. The predicted octanol–water partition coefficient (Wildman–Crippen LogP) is 4.12. The van der Waals surface area contributed by atoms with E-state index in [9.17, 15) is 4.79 Å². The van der Waals surface area contributed by atoms with Crippen molar-refractivity contribution in [2.24, 2.45) is 4.99 Å². The SMILES string of the molecule is COc1ccc(/C=C2/N=C(SCCN3CCOCC3)N(c3cc(C)cc(C)c3)C2=O)cc1. The Bertz CT molecular complexity index is 1010. The highest BCUT2D eigenvalue weighted by molar-refractivity contribution is 8.14. The van der Waals surface area contributed by atoms with Crippen LogP contribution in [-0.2, 0) is 9.53 Å². The summed E-state index contributed by atoms with van der Waals surface area (Å²) in [5.41, 5.74) is 4.47. The number of thioether (sulfide) groups is 1. The molecule has 1 amide bonds. The first-order chi connectivity index (χ1) is 15.5. The Morgan fingerprint density at radius 3 is 2.44 bits per heavy atom. The molecule has 168 valence electrons. The van der Waals surface area contributed by atoms with Gasteiger partial charge in [0.15, 0.2) is 5.17 Å². The Hall–Kier alpha value is -2.61. The summed E-state index contributed by atoms with van der Waals surface area (Å²) in [6, 6.07) is 13.8. The van der Waals surface area contributed by atoms with E-state index in [1.165, 1.54) is 0 Å². The molecule has 2 aliphatic rings. The van der Waals surface area contributed by atoms with Crippen molar-refractivity contribution in [1.82, 2.24) is 4.90 Å². The van der Waals surface area contributed by atoms with Gasteiger partial charge in [0.1, 0.15) is 11.4 Å². The molecule has 0 aromatic heterocycles. The molecule has 32 heavy (non-hydrogen) atoms. The van der Waals surface area contributed by atoms with Crippen molar-refractivity contribution in [3.63, 3.8) is 0 Å². The summed E-state index contributed by atoms with van der Waals surface area (Å²) < 4.78 is 10.7. The topological polar surface area (TPSA) is 54.4 Å². The predicted molar refractivity (Wildman–Crippen MR) is 132 cm³/mol. The molecular formula is C25H29N3O3S. The second kappa shape index (κ2) is 10.3. The van der Waals surface area contributed by atoms with Gasteiger partial charge in [-0.25, -0.2) is 4.99 Å². The van der Waals surface area contributed by atoms with Gasteiger partial charge in [-0.15, -0.1) is 0 Å². The molecule has 0 unspecified atom stereocenters. The van der Waals surface area contributed by atoms with Crippen LogP contribution in [0.5, 0.6) is 5.75 Å². The first kappa shape index (κ1) is 22.6. The van der Waals surface area contributed by atoms with Gasteiger partial charge in [0.05, 0.1) is 26.0 Å². The summed E-state index contributed by atoms with van der Waals surface area (Å²) in [5, 5.41) is 0.730. The van der Waals surface area contributed by atoms with Gasteiger partial charge < -0.3 is 9.47 Å². The minimum absolute atomic E-state index is 0.0975. The third kappa shape index (κ3) is 5.41. The molecule has 0 aliphatic carbocycles. The third-order valence-electron chi connectivity index (χ3n) is 5.46. The van der Waals surface area contributed by atoms with Gasteiger partial charge in [0.25, 0.3) is 5.91 Å². The Kier molecular flexibility index (Phi) is 7.29. The van der Waals surface area contributed by atoms with Crippen LogP contribution < -0.4 is 9.64 Å². The van der Waals surface area contributed by atoms with E-state index in [2.05, 4.69) is 11.0 Å². The number of anilines is 1. The van der Waals surface area contributed by atoms with Crippen LogP contribution >= 0.6 is 11.8 Å². The lowest BCUT2D eigenvalue weighted by Gasteiger charge is -2.26. The normalized spacial score (nSPS) is 18.3. The number of amidine groups is 1. The van der Waals surface area contributed by atoms with Crippen molar-refractivity contribution in [1.29, 1.82) is 0 Å². The van der Waals surface area contributed by atoms with Crippen molar-refractivity contribution in [2.75, 3.05) is 50.6 Å². The van der Waals surface area contributed by atoms with E-state index < -0.39 is 0 Å².